The Morgan fingerprint density at radius 1 is 1.08 bits per heavy atom. The number of imidazole rings is 1. The van der Waals surface area contributed by atoms with Crippen molar-refractivity contribution in [3.63, 3.8) is 0 Å². The van der Waals surface area contributed by atoms with Crippen LogP contribution in [0.15, 0.2) is 72.5 Å². The Hall–Kier alpha value is -2.83. The minimum Gasteiger partial charge on any atom is -0.293 e. The minimum atomic E-state index is 0.614. The van der Waals surface area contributed by atoms with Crippen molar-refractivity contribution in [1.82, 2.24) is 9.55 Å². The third-order valence-corrected chi connectivity index (χ3v) is 4.73. The molecular formula is C23H22N2. The normalized spacial score (nSPS) is 21.6. The molecule has 3 aliphatic rings. The number of allylic oxidation sites excluding steroid dienone is 6. The molecule has 2 atom stereocenters. The molecule has 0 radical (unpaired) electrons. The number of fused-ring (bicyclic) bond motifs is 3. The Labute approximate surface area is 149 Å². The maximum Gasteiger partial charge on any atom is 0.145 e. The van der Waals surface area contributed by atoms with E-state index in [1.54, 1.807) is 0 Å². The lowest BCUT2D eigenvalue weighted by atomic mass is 10.1. The van der Waals surface area contributed by atoms with Gasteiger partial charge >= 0.3 is 0 Å². The molecule has 0 N–H and O–H groups in total. The quantitative estimate of drug-likeness (QED) is 0.635. The zero-order valence-corrected chi connectivity index (χ0v) is 14.7. The van der Waals surface area contributed by atoms with E-state index in [4.69, 9.17) is 4.98 Å². The van der Waals surface area contributed by atoms with Crippen LogP contribution in [0.25, 0.3) is 23.2 Å². The monoisotopic (exact) mass is 326 g/mol. The summed E-state index contributed by atoms with van der Waals surface area (Å²) in [6.07, 6.45) is 16.0. The Morgan fingerprint density at radius 3 is 2.76 bits per heavy atom. The van der Waals surface area contributed by atoms with E-state index >= 15 is 0 Å². The van der Waals surface area contributed by atoms with Crippen LogP contribution < -0.4 is 0 Å². The van der Waals surface area contributed by atoms with Crippen LogP contribution in [-0.4, -0.2) is 9.55 Å². The summed E-state index contributed by atoms with van der Waals surface area (Å²) in [5, 5.41) is 0. The first kappa shape index (κ1) is 15.7. The van der Waals surface area contributed by atoms with E-state index in [2.05, 4.69) is 58.9 Å². The lowest BCUT2D eigenvalue weighted by Crippen LogP contribution is -2.02. The molecule has 1 aromatic heterocycles. The second-order valence-electron chi connectivity index (χ2n) is 6.22. The molecule has 2 nitrogen and oxygen atoms in total. The van der Waals surface area contributed by atoms with Gasteiger partial charge in [-0.05, 0) is 42.7 Å². The topological polar surface area (TPSA) is 17.8 Å². The molecule has 2 unspecified atom stereocenters. The molecule has 1 heterocycles. The number of rotatable bonds is 2. The van der Waals surface area contributed by atoms with Crippen molar-refractivity contribution in [3.8, 4) is 11.4 Å². The number of nitrogens with zero attached hydrogens (tertiary/aromatic N) is 2. The van der Waals surface area contributed by atoms with Gasteiger partial charge in [0, 0.05) is 17.2 Å². The van der Waals surface area contributed by atoms with Crippen LogP contribution in [0.1, 0.15) is 37.6 Å². The second-order valence-corrected chi connectivity index (χ2v) is 6.22. The van der Waals surface area contributed by atoms with E-state index in [0.717, 1.165) is 17.1 Å². The van der Waals surface area contributed by atoms with Crippen molar-refractivity contribution in [2.75, 3.05) is 0 Å². The first-order valence-electron chi connectivity index (χ1n) is 9.08. The SMILES string of the molecule is C1=CC=CC(n2c(-c3ccccc3)nc3c2C=CC2CC32)=CC=1.CC. The lowest BCUT2D eigenvalue weighted by Gasteiger charge is -2.12. The summed E-state index contributed by atoms with van der Waals surface area (Å²) in [7, 11) is 0. The van der Waals surface area contributed by atoms with Crippen molar-refractivity contribution < 1.29 is 0 Å². The van der Waals surface area contributed by atoms with Crippen molar-refractivity contribution in [2.24, 2.45) is 5.92 Å². The maximum absolute atomic E-state index is 5.04. The van der Waals surface area contributed by atoms with Crippen LogP contribution in [0.2, 0.25) is 0 Å². The van der Waals surface area contributed by atoms with E-state index in [1.165, 1.54) is 17.8 Å². The van der Waals surface area contributed by atoms with Crippen molar-refractivity contribution >= 4 is 11.8 Å². The summed E-state index contributed by atoms with van der Waals surface area (Å²) in [5.74, 6) is 2.34. The van der Waals surface area contributed by atoms with Gasteiger partial charge in [-0.15, -0.1) is 5.73 Å². The highest BCUT2D eigenvalue weighted by atomic mass is 15.1. The second kappa shape index (κ2) is 6.58. The lowest BCUT2D eigenvalue weighted by molar-refractivity contribution is 0.949. The third-order valence-electron chi connectivity index (χ3n) is 4.73. The molecule has 3 aliphatic carbocycles. The predicted molar refractivity (Wildman–Crippen MR) is 105 cm³/mol. The smallest absolute Gasteiger partial charge is 0.145 e. The van der Waals surface area contributed by atoms with Crippen LogP contribution in [0, 0.1) is 5.92 Å². The van der Waals surface area contributed by atoms with E-state index < -0.39 is 0 Å². The van der Waals surface area contributed by atoms with Gasteiger partial charge in [0.05, 0.1) is 11.4 Å². The standard InChI is InChI=1S/C21H16N2.C2H6/c1-2-7-11-17(10-6-1)23-19-13-12-16-14-18(16)20(19)22-21(23)15-8-4-3-5-9-15;1-2/h1,3-13,16,18H,14H2;1-2H3. The maximum atomic E-state index is 5.04. The molecule has 25 heavy (non-hydrogen) atoms. The Balaban J connectivity index is 0.000000758. The molecule has 0 saturated heterocycles. The first-order valence-corrected chi connectivity index (χ1v) is 9.08. The van der Waals surface area contributed by atoms with Crippen molar-refractivity contribution in [2.45, 2.75) is 26.2 Å². The summed E-state index contributed by atoms with van der Waals surface area (Å²) in [4.78, 5) is 5.04. The Bertz CT molecular complexity index is 932. The van der Waals surface area contributed by atoms with Crippen molar-refractivity contribution in [1.29, 1.82) is 0 Å². The zero-order chi connectivity index (χ0) is 17.2. The van der Waals surface area contributed by atoms with E-state index in [1.807, 2.05) is 38.1 Å². The fraction of sp³-hybridized carbons (Fsp3) is 0.217. The number of hydrogen-bond acceptors (Lipinski definition) is 1. The van der Waals surface area contributed by atoms with Gasteiger partial charge in [0.2, 0.25) is 0 Å². The highest BCUT2D eigenvalue weighted by Crippen LogP contribution is 2.53. The van der Waals surface area contributed by atoms with Crippen LogP contribution in [0.4, 0.5) is 0 Å². The molecule has 0 bridgehead atoms. The van der Waals surface area contributed by atoms with Crippen molar-refractivity contribution in [3.05, 3.63) is 83.9 Å². The van der Waals surface area contributed by atoms with Crippen LogP contribution >= 0.6 is 0 Å². The Kier molecular flexibility index (Phi) is 4.13. The molecule has 2 aromatic rings. The molecule has 5 rings (SSSR count). The minimum absolute atomic E-state index is 0.614. The average Bonchev–Trinajstić information content (AvgIpc) is 3.43. The van der Waals surface area contributed by atoms with E-state index in [0.29, 0.717) is 11.8 Å². The van der Waals surface area contributed by atoms with E-state index in [9.17, 15) is 0 Å². The molecule has 0 aliphatic heterocycles. The summed E-state index contributed by atoms with van der Waals surface area (Å²) < 4.78 is 2.28. The zero-order valence-electron chi connectivity index (χ0n) is 14.7. The summed E-state index contributed by atoms with van der Waals surface area (Å²) in [6.45, 7) is 4.00. The molecular weight excluding hydrogens is 304 g/mol. The number of benzene rings is 1. The van der Waals surface area contributed by atoms with Gasteiger partial charge in [0.15, 0.2) is 0 Å². The third kappa shape index (κ3) is 2.75. The highest BCUT2D eigenvalue weighted by molar-refractivity contribution is 5.75. The van der Waals surface area contributed by atoms with Crippen LogP contribution in [0.3, 0.4) is 0 Å². The molecule has 0 amide bonds. The molecule has 1 aromatic carbocycles. The summed E-state index contributed by atoms with van der Waals surface area (Å²) in [5.41, 5.74) is 7.90. The average molecular weight is 326 g/mol. The predicted octanol–water partition coefficient (Wildman–Crippen LogP) is 5.83. The van der Waals surface area contributed by atoms with Gasteiger partial charge in [-0.2, -0.15) is 0 Å². The van der Waals surface area contributed by atoms with Crippen LogP contribution in [-0.2, 0) is 0 Å². The molecule has 124 valence electrons. The van der Waals surface area contributed by atoms with Gasteiger partial charge in [0.25, 0.3) is 0 Å². The van der Waals surface area contributed by atoms with Gasteiger partial charge in [-0.25, -0.2) is 4.98 Å². The van der Waals surface area contributed by atoms with Crippen LogP contribution in [0.5, 0.6) is 0 Å². The largest absolute Gasteiger partial charge is 0.293 e. The number of hydrogen-bond donors (Lipinski definition) is 0. The van der Waals surface area contributed by atoms with Gasteiger partial charge < -0.3 is 0 Å². The summed E-state index contributed by atoms with van der Waals surface area (Å²) >= 11 is 0. The summed E-state index contributed by atoms with van der Waals surface area (Å²) in [6, 6.07) is 10.5. The fourth-order valence-corrected chi connectivity index (χ4v) is 3.48. The molecule has 0 spiro atoms. The number of aromatic nitrogens is 2. The highest BCUT2D eigenvalue weighted by Gasteiger charge is 2.43. The molecule has 2 heteroatoms. The van der Waals surface area contributed by atoms with Gasteiger partial charge in [0.1, 0.15) is 5.82 Å². The molecule has 1 fully saturated rings. The molecule has 1 saturated carbocycles. The fourth-order valence-electron chi connectivity index (χ4n) is 3.48. The van der Waals surface area contributed by atoms with Gasteiger partial charge in [-0.1, -0.05) is 56.3 Å². The van der Waals surface area contributed by atoms with Gasteiger partial charge in [-0.3, -0.25) is 4.57 Å². The van der Waals surface area contributed by atoms with E-state index in [-0.39, 0.29) is 0 Å². The first-order chi connectivity index (χ1) is 12.4. The Morgan fingerprint density at radius 2 is 1.92 bits per heavy atom.